The van der Waals surface area contributed by atoms with E-state index in [1.165, 1.54) is 12.8 Å². The number of thioether (sulfide) groups is 1. The summed E-state index contributed by atoms with van der Waals surface area (Å²) in [5.41, 5.74) is 0.750. The molecular weight excluding hydrogens is 350 g/mol. The average Bonchev–Trinajstić information content (AvgIpc) is 3.11. The van der Waals surface area contributed by atoms with E-state index in [9.17, 15) is 4.79 Å². The van der Waals surface area contributed by atoms with E-state index in [2.05, 4.69) is 10.1 Å². The maximum atomic E-state index is 13.3. The lowest BCUT2D eigenvalue weighted by molar-refractivity contribution is -0.0753. The predicted molar refractivity (Wildman–Crippen MR) is 98.1 cm³/mol. The van der Waals surface area contributed by atoms with Crippen molar-refractivity contribution in [2.24, 2.45) is 0 Å². The van der Waals surface area contributed by atoms with Gasteiger partial charge in [-0.2, -0.15) is 4.98 Å². The maximum absolute atomic E-state index is 13.3. The molecule has 1 amide bonds. The topological polar surface area (TPSA) is 68.5 Å². The van der Waals surface area contributed by atoms with E-state index in [1.807, 2.05) is 29.2 Å². The van der Waals surface area contributed by atoms with Gasteiger partial charge in [-0.15, -0.1) is 11.8 Å². The zero-order chi connectivity index (χ0) is 17.9. The molecule has 4 rings (SSSR count). The van der Waals surface area contributed by atoms with E-state index < -0.39 is 0 Å². The molecule has 0 N–H and O–H groups in total. The average molecular weight is 373 g/mol. The minimum Gasteiger partial charge on any atom is -0.374 e. The van der Waals surface area contributed by atoms with Gasteiger partial charge >= 0.3 is 0 Å². The van der Waals surface area contributed by atoms with E-state index in [-0.39, 0.29) is 18.1 Å². The van der Waals surface area contributed by atoms with E-state index in [1.54, 1.807) is 18.7 Å². The number of aromatic nitrogens is 2. The van der Waals surface area contributed by atoms with Crippen molar-refractivity contribution in [1.29, 1.82) is 0 Å². The van der Waals surface area contributed by atoms with Gasteiger partial charge in [0.2, 0.25) is 5.89 Å². The number of benzene rings is 1. The van der Waals surface area contributed by atoms with Crippen LogP contribution in [0.2, 0.25) is 0 Å². The third kappa shape index (κ3) is 3.64. The van der Waals surface area contributed by atoms with Crippen LogP contribution in [0.1, 0.15) is 47.8 Å². The number of ether oxygens (including phenoxy) is 1. The Bertz CT molecular complexity index is 777. The van der Waals surface area contributed by atoms with Gasteiger partial charge in [0.25, 0.3) is 5.91 Å². The molecule has 1 saturated heterocycles. The molecule has 2 aromatic rings. The molecule has 1 saturated carbocycles. The molecule has 6 nitrogen and oxygen atoms in total. The Morgan fingerprint density at radius 1 is 1.31 bits per heavy atom. The van der Waals surface area contributed by atoms with E-state index in [0.29, 0.717) is 30.6 Å². The number of amides is 1. The molecule has 0 bridgehead atoms. The Labute approximate surface area is 157 Å². The van der Waals surface area contributed by atoms with Crippen molar-refractivity contribution in [2.45, 2.75) is 55.4 Å². The first-order valence-corrected chi connectivity index (χ1v) is 10.1. The van der Waals surface area contributed by atoms with Gasteiger partial charge in [0.1, 0.15) is 0 Å². The van der Waals surface area contributed by atoms with Crippen molar-refractivity contribution in [2.75, 3.05) is 13.2 Å². The van der Waals surface area contributed by atoms with E-state index >= 15 is 0 Å². The molecule has 0 spiro atoms. The summed E-state index contributed by atoms with van der Waals surface area (Å²) in [4.78, 5) is 20.5. The monoisotopic (exact) mass is 373 g/mol. The van der Waals surface area contributed by atoms with Crippen LogP contribution in [0.4, 0.5) is 0 Å². The molecule has 138 valence electrons. The van der Waals surface area contributed by atoms with Crippen LogP contribution < -0.4 is 0 Å². The molecule has 1 aliphatic carbocycles. The summed E-state index contributed by atoms with van der Waals surface area (Å²) in [6.07, 6.45) is 4.65. The number of morpholine rings is 1. The zero-order valence-corrected chi connectivity index (χ0v) is 15.7. The molecular formula is C19H23N3O3S. The van der Waals surface area contributed by atoms with Crippen LogP contribution in [0.15, 0.2) is 33.7 Å². The van der Waals surface area contributed by atoms with Gasteiger partial charge in [-0.3, -0.25) is 4.79 Å². The van der Waals surface area contributed by atoms with Crippen molar-refractivity contribution < 1.29 is 14.1 Å². The molecule has 2 aliphatic rings. The summed E-state index contributed by atoms with van der Waals surface area (Å²) in [7, 11) is 0. The number of nitrogens with zero attached hydrogens (tertiary/aromatic N) is 3. The smallest absolute Gasteiger partial charge is 0.255 e. The fourth-order valence-electron chi connectivity index (χ4n) is 3.81. The SMILES string of the molecule is Cc1noc(CSc2ccccc2C(=O)N2CCOC3CCCCC32)n1. The normalized spacial score (nSPS) is 22.9. The highest BCUT2D eigenvalue weighted by Gasteiger charge is 2.37. The summed E-state index contributed by atoms with van der Waals surface area (Å²) < 4.78 is 11.1. The minimum absolute atomic E-state index is 0.106. The first-order chi connectivity index (χ1) is 12.7. The molecule has 2 unspecified atom stereocenters. The van der Waals surface area contributed by atoms with Crippen LogP contribution in [0.3, 0.4) is 0 Å². The number of hydrogen-bond acceptors (Lipinski definition) is 6. The van der Waals surface area contributed by atoms with Crippen LogP contribution in [0, 0.1) is 6.92 Å². The summed E-state index contributed by atoms with van der Waals surface area (Å²) in [6.45, 7) is 3.10. The molecule has 0 radical (unpaired) electrons. The molecule has 7 heteroatoms. The molecule has 2 heterocycles. The van der Waals surface area contributed by atoms with Crippen LogP contribution in [0.25, 0.3) is 0 Å². The highest BCUT2D eigenvalue weighted by atomic mass is 32.2. The van der Waals surface area contributed by atoms with Gasteiger partial charge in [-0.25, -0.2) is 0 Å². The Morgan fingerprint density at radius 2 is 2.15 bits per heavy atom. The first-order valence-electron chi connectivity index (χ1n) is 9.16. The van der Waals surface area contributed by atoms with Gasteiger partial charge in [-0.1, -0.05) is 30.1 Å². The highest BCUT2D eigenvalue weighted by molar-refractivity contribution is 7.98. The van der Waals surface area contributed by atoms with Crippen LogP contribution in [0.5, 0.6) is 0 Å². The third-order valence-electron chi connectivity index (χ3n) is 5.03. The lowest BCUT2D eigenvalue weighted by Crippen LogP contribution is -2.54. The summed E-state index contributed by atoms with van der Waals surface area (Å²) in [6, 6.07) is 7.99. The Kier molecular flexibility index (Phi) is 5.26. The molecule has 1 aromatic carbocycles. The van der Waals surface area contributed by atoms with Crippen molar-refractivity contribution in [3.63, 3.8) is 0 Å². The highest BCUT2D eigenvalue weighted by Crippen LogP contribution is 2.32. The summed E-state index contributed by atoms with van der Waals surface area (Å²) in [5, 5.41) is 3.82. The molecule has 1 aromatic heterocycles. The number of aryl methyl sites for hydroxylation is 1. The standard InChI is InChI=1S/C19H23N3O3S/c1-13-20-18(25-21-13)12-26-17-9-5-2-6-14(17)19(23)22-10-11-24-16-8-4-3-7-15(16)22/h2,5-6,9,15-16H,3-4,7-8,10-12H2,1H3. The molecule has 1 aliphatic heterocycles. The lowest BCUT2D eigenvalue weighted by Gasteiger charge is -2.44. The van der Waals surface area contributed by atoms with E-state index in [4.69, 9.17) is 9.26 Å². The van der Waals surface area contributed by atoms with Crippen molar-refractivity contribution in [1.82, 2.24) is 15.0 Å². The fourth-order valence-corrected chi connectivity index (χ4v) is 4.69. The molecule has 26 heavy (non-hydrogen) atoms. The number of rotatable bonds is 4. The number of fused-ring (bicyclic) bond motifs is 1. The summed E-state index contributed by atoms with van der Waals surface area (Å²) in [5.74, 6) is 1.87. The van der Waals surface area contributed by atoms with Gasteiger partial charge < -0.3 is 14.2 Å². The van der Waals surface area contributed by atoms with Crippen molar-refractivity contribution in [3.05, 3.63) is 41.5 Å². The van der Waals surface area contributed by atoms with Crippen LogP contribution in [-0.2, 0) is 10.5 Å². The minimum atomic E-state index is 0.106. The third-order valence-corrected chi connectivity index (χ3v) is 6.09. The van der Waals surface area contributed by atoms with Gasteiger partial charge in [0.15, 0.2) is 5.82 Å². The molecule has 2 atom stereocenters. The van der Waals surface area contributed by atoms with Crippen molar-refractivity contribution in [3.8, 4) is 0 Å². The van der Waals surface area contributed by atoms with Gasteiger partial charge in [0, 0.05) is 11.4 Å². The van der Waals surface area contributed by atoms with E-state index in [0.717, 1.165) is 23.3 Å². The quantitative estimate of drug-likeness (QED) is 0.765. The van der Waals surface area contributed by atoms with Crippen LogP contribution >= 0.6 is 11.8 Å². The van der Waals surface area contributed by atoms with Crippen LogP contribution in [-0.4, -0.2) is 46.2 Å². The Morgan fingerprint density at radius 3 is 3.00 bits per heavy atom. The van der Waals surface area contributed by atoms with Gasteiger partial charge in [0.05, 0.1) is 30.1 Å². The lowest BCUT2D eigenvalue weighted by atomic mass is 9.89. The second-order valence-corrected chi connectivity index (χ2v) is 7.80. The number of carbonyl (C=O) groups is 1. The summed E-state index contributed by atoms with van der Waals surface area (Å²) >= 11 is 1.56. The largest absolute Gasteiger partial charge is 0.374 e. The fraction of sp³-hybridized carbons (Fsp3) is 0.526. The number of hydrogen-bond donors (Lipinski definition) is 0. The van der Waals surface area contributed by atoms with Gasteiger partial charge in [-0.05, 0) is 31.9 Å². The van der Waals surface area contributed by atoms with Crippen molar-refractivity contribution >= 4 is 17.7 Å². The maximum Gasteiger partial charge on any atom is 0.255 e. The predicted octanol–water partition coefficient (Wildman–Crippen LogP) is 3.45. The second-order valence-electron chi connectivity index (χ2n) is 6.78. The number of carbonyl (C=O) groups excluding carboxylic acids is 1. The first kappa shape index (κ1) is 17.5. The Balaban J connectivity index is 1.52. The second kappa shape index (κ2) is 7.80. The zero-order valence-electron chi connectivity index (χ0n) is 14.9. The molecule has 2 fully saturated rings. The Hall–Kier alpha value is -1.86.